The van der Waals surface area contributed by atoms with Gasteiger partial charge < -0.3 is 9.84 Å². The van der Waals surface area contributed by atoms with E-state index in [2.05, 4.69) is 10.5 Å². The first-order valence-corrected chi connectivity index (χ1v) is 5.64. The predicted molar refractivity (Wildman–Crippen MR) is 64.0 cm³/mol. The first kappa shape index (κ1) is 11.8. The van der Waals surface area contributed by atoms with Crippen molar-refractivity contribution in [1.29, 1.82) is 0 Å². The highest BCUT2D eigenvalue weighted by molar-refractivity contribution is 5.62. The Morgan fingerprint density at radius 3 is 2.82 bits per heavy atom. The molecule has 1 aromatic carbocycles. The minimum absolute atomic E-state index is 0.290. The minimum atomic E-state index is -0.290. The Bertz CT molecular complexity index is 508. The molecular weight excluding hydrogens is 219 g/mol. The number of hydrogen-bond donors (Lipinski definition) is 1. The van der Waals surface area contributed by atoms with Gasteiger partial charge in [-0.25, -0.2) is 4.39 Å². The summed E-state index contributed by atoms with van der Waals surface area (Å²) in [6, 6.07) is 6.55. The number of nitrogens with one attached hydrogen (secondary N) is 1. The number of hydrogen-bond acceptors (Lipinski definition) is 3. The van der Waals surface area contributed by atoms with Gasteiger partial charge in [0.1, 0.15) is 11.5 Å². The van der Waals surface area contributed by atoms with Crippen molar-refractivity contribution < 1.29 is 8.91 Å². The Kier molecular flexibility index (Phi) is 3.54. The molecule has 0 aliphatic carbocycles. The SMILES string of the molecule is CCNCc1noc(-c2ccccc2F)c1C. The van der Waals surface area contributed by atoms with Crippen LogP contribution in [-0.4, -0.2) is 11.7 Å². The second kappa shape index (κ2) is 5.10. The Balaban J connectivity index is 2.34. The Morgan fingerprint density at radius 2 is 2.12 bits per heavy atom. The molecule has 0 saturated heterocycles. The number of aromatic nitrogens is 1. The molecule has 4 heteroatoms. The molecule has 1 aromatic heterocycles. The summed E-state index contributed by atoms with van der Waals surface area (Å²) in [5.41, 5.74) is 2.17. The van der Waals surface area contributed by atoms with Crippen LogP contribution in [0.5, 0.6) is 0 Å². The number of halogens is 1. The Hall–Kier alpha value is -1.68. The van der Waals surface area contributed by atoms with E-state index in [-0.39, 0.29) is 5.82 Å². The summed E-state index contributed by atoms with van der Waals surface area (Å²) < 4.78 is 18.8. The lowest BCUT2D eigenvalue weighted by molar-refractivity contribution is 0.418. The van der Waals surface area contributed by atoms with E-state index in [1.807, 2.05) is 13.8 Å². The highest BCUT2D eigenvalue weighted by Crippen LogP contribution is 2.27. The van der Waals surface area contributed by atoms with E-state index in [0.29, 0.717) is 17.9 Å². The maximum Gasteiger partial charge on any atom is 0.173 e. The van der Waals surface area contributed by atoms with Gasteiger partial charge in [0.25, 0.3) is 0 Å². The fourth-order valence-corrected chi connectivity index (χ4v) is 1.67. The average molecular weight is 234 g/mol. The van der Waals surface area contributed by atoms with Crippen molar-refractivity contribution in [3.05, 3.63) is 41.3 Å². The van der Waals surface area contributed by atoms with Crippen LogP contribution < -0.4 is 5.32 Å². The van der Waals surface area contributed by atoms with E-state index in [4.69, 9.17) is 4.52 Å². The van der Waals surface area contributed by atoms with Crippen molar-refractivity contribution in [3.63, 3.8) is 0 Å². The molecule has 0 bridgehead atoms. The van der Waals surface area contributed by atoms with Crippen molar-refractivity contribution in [3.8, 4) is 11.3 Å². The molecule has 1 heterocycles. The van der Waals surface area contributed by atoms with Gasteiger partial charge in [-0.05, 0) is 25.6 Å². The molecule has 1 N–H and O–H groups in total. The molecular formula is C13H15FN2O. The largest absolute Gasteiger partial charge is 0.356 e. The lowest BCUT2D eigenvalue weighted by atomic mass is 10.1. The van der Waals surface area contributed by atoms with Crippen LogP contribution in [0.25, 0.3) is 11.3 Å². The van der Waals surface area contributed by atoms with Gasteiger partial charge in [-0.3, -0.25) is 0 Å². The maximum absolute atomic E-state index is 13.6. The number of rotatable bonds is 4. The third-order valence-electron chi connectivity index (χ3n) is 2.68. The van der Waals surface area contributed by atoms with E-state index in [1.165, 1.54) is 6.07 Å². The molecule has 0 aliphatic rings. The molecule has 0 amide bonds. The molecule has 0 saturated carbocycles. The van der Waals surface area contributed by atoms with Gasteiger partial charge in [0, 0.05) is 12.1 Å². The molecule has 0 radical (unpaired) electrons. The zero-order valence-corrected chi connectivity index (χ0v) is 9.96. The van der Waals surface area contributed by atoms with E-state index >= 15 is 0 Å². The summed E-state index contributed by atoms with van der Waals surface area (Å²) in [6.07, 6.45) is 0. The van der Waals surface area contributed by atoms with Gasteiger partial charge in [0.15, 0.2) is 5.76 Å². The van der Waals surface area contributed by atoms with Crippen LogP contribution in [0.1, 0.15) is 18.2 Å². The second-order valence-electron chi connectivity index (χ2n) is 3.84. The maximum atomic E-state index is 13.6. The summed E-state index contributed by atoms with van der Waals surface area (Å²) in [6.45, 7) is 5.42. The fraction of sp³-hybridized carbons (Fsp3) is 0.308. The van der Waals surface area contributed by atoms with E-state index in [1.54, 1.807) is 18.2 Å². The van der Waals surface area contributed by atoms with E-state index in [9.17, 15) is 4.39 Å². The first-order valence-electron chi connectivity index (χ1n) is 5.64. The normalized spacial score (nSPS) is 10.8. The monoisotopic (exact) mass is 234 g/mol. The number of nitrogens with zero attached hydrogens (tertiary/aromatic N) is 1. The highest BCUT2D eigenvalue weighted by atomic mass is 19.1. The van der Waals surface area contributed by atoms with Gasteiger partial charge in [0.2, 0.25) is 0 Å². The fourth-order valence-electron chi connectivity index (χ4n) is 1.67. The van der Waals surface area contributed by atoms with Crippen LogP contribution in [0, 0.1) is 12.7 Å². The lowest BCUT2D eigenvalue weighted by Gasteiger charge is -2.00. The molecule has 17 heavy (non-hydrogen) atoms. The zero-order valence-electron chi connectivity index (χ0n) is 9.96. The zero-order chi connectivity index (χ0) is 12.3. The van der Waals surface area contributed by atoms with Crippen LogP contribution in [0.3, 0.4) is 0 Å². The smallest absolute Gasteiger partial charge is 0.173 e. The molecule has 0 fully saturated rings. The van der Waals surface area contributed by atoms with Gasteiger partial charge in [-0.1, -0.05) is 24.2 Å². The third-order valence-corrected chi connectivity index (χ3v) is 2.68. The molecule has 0 unspecified atom stereocenters. The quantitative estimate of drug-likeness (QED) is 0.884. The summed E-state index contributed by atoms with van der Waals surface area (Å²) in [7, 11) is 0. The lowest BCUT2D eigenvalue weighted by Crippen LogP contribution is -2.12. The Labute approximate surface area is 99.6 Å². The summed E-state index contributed by atoms with van der Waals surface area (Å²) in [4.78, 5) is 0. The predicted octanol–water partition coefficient (Wildman–Crippen LogP) is 2.90. The summed E-state index contributed by atoms with van der Waals surface area (Å²) in [5, 5.41) is 7.14. The first-order chi connectivity index (χ1) is 8.24. The van der Waals surface area contributed by atoms with Crippen LogP contribution in [0.4, 0.5) is 4.39 Å². The molecule has 0 spiro atoms. The highest BCUT2D eigenvalue weighted by Gasteiger charge is 2.15. The van der Waals surface area contributed by atoms with Gasteiger partial charge in [-0.2, -0.15) is 0 Å². The summed E-state index contributed by atoms with van der Waals surface area (Å²) in [5.74, 6) is 0.220. The molecule has 2 aromatic rings. The Morgan fingerprint density at radius 1 is 1.35 bits per heavy atom. The van der Waals surface area contributed by atoms with Gasteiger partial charge >= 0.3 is 0 Å². The van der Waals surface area contributed by atoms with Gasteiger partial charge in [0.05, 0.1) is 5.56 Å². The standard InChI is InChI=1S/C13H15FN2O/c1-3-15-8-12-9(2)13(17-16-12)10-6-4-5-7-11(10)14/h4-7,15H,3,8H2,1-2H3. The van der Waals surface area contributed by atoms with Crippen molar-refractivity contribution in [2.75, 3.05) is 6.54 Å². The molecule has 0 atom stereocenters. The minimum Gasteiger partial charge on any atom is -0.356 e. The van der Waals surface area contributed by atoms with Crippen molar-refractivity contribution in [2.24, 2.45) is 0 Å². The van der Waals surface area contributed by atoms with Gasteiger partial charge in [-0.15, -0.1) is 0 Å². The molecule has 0 aliphatic heterocycles. The molecule has 2 rings (SSSR count). The topological polar surface area (TPSA) is 38.1 Å². The average Bonchev–Trinajstić information content (AvgIpc) is 2.69. The summed E-state index contributed by atoms with van der Waals surface area (Å²) >= 11 is 0. The van der Waals surface area contributed by atoms with Crippen molar-refractivity contribution in [2.45, 2.75) is 20.4 Å². The van der Waals surface area contributed by atoms with Crippen LogP contribution in [-0.2, 0) is 6.54 Å². The van der Waals surface area contributed by atoms with Crippen LogP contribution >= 0.6 is 0 Å². The molecule has 90 valence electrons. The van der Waals surface area contributed by atoms with Crippen molar-refractivity contribution in [1.82, 2.24) is 10.5 Å². The third kappa shape index (κ3) is 2.36. The molecule has 3 nitrogen and oxygen atoms in total. The van der Waals surface area contributed by atoms with E-state index < -0.39 is 0 Å². The second-order valence-corrected chi connectivity index (χ2v) is 3.84. The number of benzene rings is 1. The van der Waals surface area contributed by atoms with Crippen molar-refractivity contribution >= 4 is 0 Å². The van der Waals surface area contributed by atoms with Crippen LogP contribution in [0.15, 0.2) is 28.8 Å². The van der Waals surface area contributed by atoms with E-state index in [0.717, 1.165) is 17.8 Å². The van der Waals surface area contributed by atoms with Crippen LogP contribution in [0.2, 0.25) is 0 Å².